The monoisotopic (exact) mass is 255 g/mol. The molecule has 1 aromatic carbocycles. The van der Waals surface area contributed by atoms with Crippen LogP contribution in [0.2, 0.25) is 0 Å². The van der Waals surface area contributed by atoms with Crippen LogP contribution in [0.3, 0.4) is 0 Å². The molecule has 0 aliphatic carbocycles. The summed E-state index contributed by atoms with van der Waals surface area (Å²) in [5, 5.41) is 9.32. The van der Waals surface area contributed by atoms with Crippen LogP contribution >= 0.6 is 11.6 Å². The van der Waals surface area contributed by atoms with Gasteiger partial charge < -0.3 is 10.0 Å². The Morgan fingerprint density at radius 2 is 2.12 bits per heavy atom. The number of hydrogen-bond donors (Lipinski definition) is 1. The Labute approximate surface area is 107 Å². The summed E-state index contributed by atoms with van der Waals surface area (Å²) in [5.41, 5.74) is 1.39. The highest BCUT2D eigenvalue weighted by Gasteiger charge is 2.19. The Balaban J connectivity index is 3.01. The van der Waals surface area contributed by atoms with Gasteiger partial charge in [0.15, 0.2) is 0 Å². The number of aryl methyl sites for hydroxylation is 1. The van der Waals surface area contributed by atoms with Crippen molar-refractivity contribution in [2.24, 2.45) is 0 Å². The number of alkyl halides is 1. The summed E-state index contributed by atoms with van der Waals surface area (Å²) >= 11 is 5.70. The minimum absolute atomic E-state index is 0.0434. The second-order valence-corrected chi connectivity index (χ2v) is 4.66. The topological polar surface area (TPSA) is 40.5 Å². The summed E-state index contributed by atoms with van der Waals surface area (Å²) in [5.74, 6) is 0.548. The fourth-order valence-electron chi connectivity index (χ4n) is 1.73. The standard InChI is InChI=1S/C13H18ClNO2/c1-9(2)15(7-6-14)13(17)12-5-4-11(16)8-10(12)3/h4-5,8-9,16H,6-7H2,1-3H3. The van der Waals surface area contributed by atoms with Crippen LogP contribution in [0.25, 0.3) is 0 Å². The van der Waals surface area contributed by atoms with Gasteiger partial charge in [-0.25, -0.2) is 0 Å². The third-order valence-electron chi connectivity index (χ3n) is 2.65. The first kappa shape index (κ1) is 13.8. The third kappa shape index (κ3) is 3.37. The maximum absolute atomic E-state index is 12.3. The molecule has 0 spiro atoms. The van der Waals surface area contributed by atoms with Crippen LogP contribution in [-0.4, -0.2) is 34.4 Å². The Bertz CT molecular complexity index is 404. The summed E-state index contributed by atoms with van der Waals surface area (Å²) in [4.78, 5) is 14.0. The molecule has 0 saturated heterocycles. The van der Waals surface area contributed by atoms with E-state index in [-0.39, 0.29) is 17.7 Å². The van der Waals surface area contributed by atoms with Crippen LogP contribution in [0.5, 0.6) is 5.75 Å². The minimum atomic E-state index is -0.0434. The highest BCUT2D eigenvalue weighted by atomic mass is 35.5. The van der Waals surface area contributed by atoms with Crippen molar-refractivity contribution in [3.8, 4) is 5.75 Å². The van der Waals surface area contributed by atoms with Crippen molar-refractivity contribution in [2.75, 3.05) is 12.4 Å². The molecule has 1 rings (SSSR count). The predicted octanol–water partition coefficient (Wildman–Crippen LogP) is 2.79. The number of halogens is 1. The largest absolute Gasteiger partial charge is 0.508 e. The van der Waals surface area contributed by atoms with E-state index in [2.05, 4.69) is 0 Å². The zero-order chi connectivity index (χ0) is 13.0. The molecule has 4 heteroatoms. The first-order chi connectivity index (χ1) is 7.97. The molecule has 0 unspecified atom stereocenters. The van der Waals surface area contributed by atoms with E-state index in [1.54, 1.807) is 17.0 Å². The van der Waals surface area contributed by atoms with Gasteiger partial charge in [-0.3, -0.25) is 4.79 Å². The molecule has 1 amide bonds. The molecule has 0 atom stereocenters. The molecule has 94 valence electrons. The van der Waals surface area contributed by atoms with Crippen molar-refractivity contribution in [1.29, 1.82) is 0 Å². The summed E-state index contributed by atoms with van der Waals surface area (Å²) in [7, 11) is 0. The number of carbonyl (C=O) groups is 1. The van der Waals surface area contributed by atoms with Gasteiger partial charge in [0.2, 0.25) is 0 Å². The molecule has 1 N–H and O–H groups in total. The van der Waals surface area contributed by atoms with Crippen LogP contribution in [0.15, 0.2) is 18.2 Å². The maximum Gasteiger partial charge on any atom is 0.254 e. The number of rotatable bonds is 4. The van der Waals surface area contributed by atoms with Gasteiger partial charge in [-0.15, -0.1) is 11.6 Å². The summed E-state index contributed by atoms with van der Waals surface area (Å²) in [6.07, 6.45) is 0. The van der Waals surface area contributed by atoms with Crippen molar-refractivity contribution in [3.63, 3.8) is 0 Å². The Kier molecular flexibility index (Phi) is 4.82. The van der Waals surface area contributed by atoms with E-state index in [9.17, 15) is 9.90 Å². The van der Waals surface area contributed by atoms with Gasteiger partial charge >= 0.3 is 0 Å². The molecule has 0 heterocycles. The third-order valence-corrected chi connectivity index (χ3v) is 2.82. The lowest BCUT2D eigenvalue weighted by Crippen LogP contribution is -2.38. The smallest absolute Gasteiger partial charge is 0.254 e. The van der Waals surface area contributed by atoms with E-state index in [4.69, 9.17) is 11.6 Å². The maximum atomic E-state index is 12.3. The fourth-order valence-corrected chi connectivity index (χ4v) is 1.91. The van der Waals surface area contributed by atoms with Crippen molar-refractivity contribution in [1.82, 2.24) is 4.90 Å². The van der Waals surface area contributed by atoms with Gasteiger partial charge in [-0.1, -0.05) is 0 Å². The lowest BCUT2D eigenvalue weighted by molar-refractivity contribution is 0.0717. The predicted molar refractivity (Wildman–Crippen MR) is 69.7 cm³/mol. The molecule has 0 bridgehead atoms. The molecule has 0 aliphatic rings. The second-order valence-electron chi connectivity index (χ2n) is 4.28. The summed E-state index contributed by atoms with van der Waals surface area (Å²) in [6, 6.07) is 4.87. The Hall–Kier alpha value is -1.22. The van der Waals surface area contributed by atoms with Crippen molar-refractivity contribution < 1.29 is 9.90 Å². The number of aromatic hydroxyl groups is 1. The lowest BCUT2D eigenvalue weighted by atomic mass is 10.1. The lowest BCUT2D eigenvalue weighted by Gasteiger charge is -2.26. The van der Waals surface area contributed by atoms with Gasteiger partial charge in [0.05, 0.1) is 0 Å². The van der Waals surface area contributed by atoms with E-state index < -0.39 is 0 Å². The molecule has 17 heavy (non-hydrogen) atoms. The van der Waals surface area contributed by atoms with Crippen LogP contribution in [-0.2, 0) is 0 Å². The number of benzene rings is 1. The first-order valence-electron chi connectivity index (χ1n) is 5.64. The van der Waals surface area contributed by atoms with Crippen LogP contribution in [0, 0.1) is 6.92 Å². The molecule has 0 saturated carbocycles. The van der Waals surface area contributed by atoms with Crippen LogP contribution in [0.4, 0.5) is 0 Å². The zero-order valence-electron chi connectivity index (χ0n) is 10.4. The van der Waals surface area contributed by atoms with Gasteiger partial charge in [-0.05, 0) is 44.5 Å². The molecular weight excluding hydrogens is 238 g/mol. The highest BCUT2D eigenvalue weighted by Crippen LogP contribution is 2.18. The van der Waals surface area contributed by atoms with Crippen molar-refractivity contribution >= 4 is 17.5 Å². The number of amides is 1. The molecule has 0 fully saturated rings. The van der Waals surface area contributed by atoms with Crippen molar-refractivity contribution in [2.45, 2.75) is 26.8 Å². The van der Waals surface area contributed by atoms with E-state index >= 15 is 0 Å². The molecule has 1 aromatic rings. The van der Waals surface area contributed by atoms with E-state index in [1.807, 2.05) is 20.8 Å². The van der Waals surface area contributed by atoms with Gasteiger partial charge in [-0.2, -0.15) is 0 Å². The summed E-state index contributed by atoms with van der Waals surface area (Å²) < 4.78 is 0. The molecule has 3 nitrogen and oxygen atoms in total. The number of nitrogens with zero attached hydrogens (tertiary/aromatic N) is 1. The average Bonchev–Trinajstić information content (AvgIpc) is 2.24. The number of phenols is 1. The Morgan fingerprint density at radius 1 is 1.47 bits per heavy atom. The van der Waals surface area contributed by atoms with Gasteiger partial charge in [0.1, 0.15) is 5.75 Å². The van der Waals surface area contributed by atoms with Crippen LogP contribution < -0.4 is 0 Å². The number of hydrogen-bond acceptors (Lipinski definition) is 2. The van der Waals surface area contributed by atoms with E-state index in [0.29, 0.717) is 18.0 Å². The van der Waals surface area contributed by atoms with Gasteiger partial charge in [0, 0.05) is 24.0 Å². The van der Waals surface area contributed by atoms with Crippen molar-refractivity contribution in [3.05, 3.63) is 29.3 Å². The number of phenolic OH excluding ortho intramolecular Hbond substituents is 1. The SMILES string of the molecule is Cc1cc(O)ccc1C(=O)N(CCCl)C(C)C. The molecule has 0 aromatic heterocycles. The van der Waals surface area contributed by atoms with Crippen LogP contribution in [0.1, 0.15) is 29.8 Å². The molecule has 0 aliphatic heterocycles. The summed E-state index contributed by atoms with van der Waals surface area (Å²) in [6.45, 7) is 6.25. The quantitative estimate of drug-likeness (QED) is 0.841. The van der Waals surface area contributed by atoms with Gasteiger partial charge in [0.25, 0.3) is 5.91 Å². The fraction of sp³-hybridized carbons (Fsp3) is 0.462. The first-order valence-corrected chi connectivity index (χ1v) is 6.17. The second kappa shape index (κ2) is 5.92. The molecular formula is C13H18ClNO2. The van der Waals surface area contributed by atoms with E-state index in [1.165, 1.54) is 6.07 Å². The normalized spacial score (nSPS) is 10.6. The number of carbonyl (C=O) groups excluding carboxylic acids is 1. The zero-order valence-corrected chi connectivity index (χ0v) is 11.2. The molecule has 0 radical (unpaired) electrons. The Morgan fingerprint density at radius 3 is 2.59 bits per heavy atom. The minimum Gasteiger partial charge on any atom is -0.508 e. The average molecular weight is 256 g/mol. The highest BCUT2D eigenvalue weighted by molar-refractivity contribution is 6.18. The van der Waals surface area contributed by atoms with E-state index in [0.717, 1.165) is 5.56 Å².